The van der Waals surface area contributed by atoms with Crippen LogP contribution in [0.2, 0.25) is 0 Å². The van der Waals surface area contributed by atoms with Crippen LogP contribution in [0, 0.1) is 6.92 Å². The quantitative estimate of drug-likeness (QED) is 0.403. The molecular formula is C22H17N3O3. The number of hydrogen-bond acceptors (Lipinski definition) is 5. The van der Waals surface area contributed by atoms with E-state index in [0.717, 1.165) is 16.5 Å². The molecule has 6 heteroatoms. The Hall–Kier alpha value is -3.80. The van der Waals surface area contributed by atoms with Crippen molar-refractivity contribution in [3.05, 3.63) is 89.4 Å². The number of ketones is 1. The first-order chi connectivity index (χ1) is 13.6. The molecule has 0 unspecified atom stereocenters. The summed E-state index contributed by atoms with van der Waals surface area (Å²) in [5.41, 5.74) is 3.21. The third kappa shape index (κ3) is 3.05. The zero-order valence-corrected chi connectivity index (χ0v) is 15.4. The molecule has 0 radical (unpaired) electrons. The molecule has 0 fully saturated rings. The van der Waals surface area contributed by atoms with E-state index in [1.54, 1.807) is 59.4 Å². The number of fused-ring (bicyclic) bond motifs is 1. The fourth-order valence-electron chi connectivity index (χ4n) is 3.10. The van der Waals surface area contributed by atoms with E-state index in [1.165, 1.54) is 7.11 Å². The van der Waals surface area contributed by atoms with Crippen LogP contribution in [0.5, 0.6) is 0 Å². The van der Waals surface area contributed by atoms with Gasteiger partial charge in [-0.3, -0.25) is 9.36 Å². The minimum absolute atomic E-state index is 0.150. The number of esters is 1. The normalized spacial score (nSPS) is 10.8. The number of carbonyl (C=O) groups is 2. The van der Waals surface area contributed by atoms with Crippen molar-refractivity contribution in [2.45, 2.75) is 6.92 Å². The topological polar surface area (TPSA) is 74.1 Å². The van der Waals surface area contributed by atoms with Crippen molar-refractivity contribution in [1.82, 2.24) is 14.5 Å². The number of ether oxygens (including phenoxy) is 1. The van der Waals surface area contributed by atoms with Gasteiger partial charge in [-0.15, -0.1) is 0 Å². The van der Waals surface area contributed by atoms with Crippen molar-refractivity contribution < 1.29 is 14.3 Å². The second kappa shape index (κ2) is 7.08. The summed E-state index contributed by atoms with van der Waals surface area (Å²) in [5.74, 6) is -0.195. The molecule has 138 valence electrons. The van der Waals surface area contributed by atoms with Crippen molar-refractivity contribution >= 4 is 22.7 Å². The molecule has 0 N–H and O–H groups in total. The van der Waals surface area contributed by atoms with Crippen LogP contribution in [0.3, 0.4) is 0 Å². The molecule has 0 amide bonds. The third-order valence-corrected chi connectivity index (χ3v) is 4.52. The highest BCUT2D eigenvalue weighted by Crippen LogP contribution is 2.26. The lowest BCUT2D eigenvalue weighted by Gasteiger charge is -2.08. The van der Waals surface area contributed by atoms with Gasteiger partial charge in [0.25, 0.3) is 0 Å². The first kappa shape index (κ1) is 17.6. The number of nitrogens with zero attached hydrogens (tertiary/aromatic N) is 3. The second-order valence-electron chi connectivity index (χ2n) is 6.37. The van der Waals surface area contributed by atoms with Crippen LogP contribution < -0.4 is 0 Å². The maximum absolute atomic E-state index is 13.2. The molecule has 0 spiro atoms. The average Bonchev–Trinajstić information content (AvgIpc) is 3.12. The van der Waals surface area contributed by atoms with Gasteiger partial charge in [-0.2, -0.15) is 0 Å². The van der Waals surface area contributed by atoms with Gasteiger partial charge in [0.1, 0.15) is 0 Å². The van der Waals surface area contributed by atoms with Gasteiger partial charge in [0.05, 0.1) is 23.9 Å². The maximum atomic E-state index is 13.2. The number of carbonyl (C=O) groups excluding carboxylic acids is 2. The van der Waals surface area contributed by atoms with E-state index in [1.807, 2.05) is 19.1 Å². The molecule has 0 aliphatic carbocycles. The Morgan fingerprint density at radius 2 is 1.61 bits per heavy atom. The number of benzene rings is 2. The highest BCUT2D eigenvalue weighted by atomic mass is 16.5. The van der Waals surface area contributed by atoms with Crippen molar-refractivity contribution in [3.63, 3.8) is 0 Å². The number of aromatic nitrogens is 3. The van der Waals surface area contributed by atoms with Crippen LogP contribution in [0.25, 0.3) is 16.9 Å². The summed E-state index contributed by atoms with van der Waals surface area (Å²) in [5, 5.41) is 0.728. The van der Waals surface area contributed by atoms with Crippen molar-refractivity contribution in [1.29, 1.82) is 0 Å². The van der Waals surface area contributed by atoms with Crippen molar-refractivity contribution in [3.8, 4) is 5.95 Å². The van der Waals surface area contributed by atoms with E-state index in [0.29, 0.717) is 22.8 Å². The first-order valence-electron chi connectivity index (χ1n) is 8.71. The van der Waals surface area contributed by atoms with Gasteiger partial charge in [-0.05, 0) is 37.3 Å². The lowest BCUT2D eigenvalue weighted by molar-refractivity contribution is 0.0601. The summed E-state index contributed by atoms with van der Waals surface area (Å²) >= 11 is 0. The van der Waals surface area contributed by atoms with E-state index in [9.17, 15) is 9.59 Å². The van der Waals surface area contributed by atoms with Gasteiger partial charge in [-0.25, -0.2) is 14.8 Å². The van der Waals surface area contributed by atoms with E-state index in [4.69, 9.17) is 4.74 Å². The number of hydrogen-bond donors (Lipinski definition) is 0. The summed E-state index contributed by atoms with van der Waals surface area (Å²) in [6, 6.07) is 16.0. The second-order valence-corrected chi connectivity index (χ2v) is 6.37. The smallest absolute Gasteiger partial charge is 0.337 e. The Bertz CT molecular complexity index is 1180. The standard InChI is InChI=1S/C22H17N3O3/c1-14-4-6-15(7-5-14)20(26)19-13-17-12-16(21(27)28-2)8-9-18(17)25(19)22-23-10-3-11-24-22/h3-13H,1-2H3. The molecule has 0 aliphatic heterocycles. The Balaban J connectivity index is 1.94. The Morgan fingerprint density at radius 3 is 2.29 bits per heavy atom. The third-order valence-electron chi connectivity index (χ3n) is 4.52. The highest BCUT2D eigenvalue weighted by molar-refractivity contribution is 6.11. The van der Waals surface area contributed by atoms with Gasteiger partial charge >= 0.3 is 5.97 Å². The molecule has 2 heterocycles. The van der Waals surface area contributed by atoms with Gasteiger partial charge in [0, 0.05) is 23.3 Å². The average molecular weight is 371 g/mol. The highest BCUT2D eigenvalue weighted by Gasteiger charge is 2.20. The minimum atomic E-state index is -0.433. The van der Waals surface area contributed by atoms with Crippen LogP contribution in [-0.2, 0) is 4.74 Å². The molecule has 0 atom stereocenters. The molecule has 0 saturated carbocycles. The van der Waals surface area contributed by atoms with Gasteiger partial charge in [0.2, 0.25) is 11.7 Å². The molecule has 4 rings (SSSR count). The fraction of sp³-hybridized carbons (Fsp3) is 0.0909. The van der Waals surface area contributed by atoms with Crippen LogP contribution in [0.15, 0.2) is 67.0 Å². The molecule has 4 aromatic rings. The SMILES string of the molecule is COC(=O)c1ccc2c(c1)cc(C(=O)c1ccc(C)cc1)n2-c1ncccn1. The predicted octanol–water partition coefficient (Wildman–Crippen LogP) is 3.75. The Kier molecular flexibility index (Phi) is 4.45. The molecule has 28 heavy (non-hydrogen) atoms. The van der Waals surface area contributed by atoms with Crippen LogP contribution in [0.4, 0.5) is 0 Å². The van der Waals surface area contributed by atoms with E-state index in [-0.39, 0.29) is 5.78 Å². The minimum Gasteiger partial charge on any atom is -0.465 e. The molecule has 0 saturated heterocycles. The lowest BCUT2D eigenvalue weighted by Crippen LogP contribution is -2.11. The van der Waals surface area contributed by atoms with Crippen LogP contribution >= 0.6 is 0 Å². The zero-order valence-electron chi connectivity index (χ0n) is 15.4. The van der Waals surface area contributed by atoms with Gasteiger partial charge < -0.3 is 4.74 Å². The van der Waals surface area contributed by atoms with Crippen molar-refractivity contribution in [2.24, 2.45) is 0 Å². The summed E-state index contributed by atoms with van der Waals surface area (Å²) in [4.78, 5) is 33.7. The first-order valence-corrected chi connectivity index (χ1v) is 8.71. The molecule has 2 aromatic carbocycles. The monoisotopic (exact) mass is 371 g/mol. The van der Waals surface area contributed by atoms with Gasteiger partial charge in [0.15, 0.2) is 0 Å². The van der Waals surface area contributed by atoms with Crippen molar-refractivity contribution in [2.75, 3.05) is 7.11 Å². The van der Waals surface area contributed by atoms with Crippen LogP contribution in [0.1, 0.15) is 32.0 Å². The summed E-state index contributed by atoms with van der Waals surface area (Å²) in [6.45, 7) is 1.97. The predicted molar refractivity (Wildman–Crippen MR) is 105 cm³/mol. The number of methoxy groups -OCH3 is 1. The van der Waals surface area contributed by atoms with E-state index >= 15 is 0 Å². The Morgan fingerprint density at radius 1 is 0.929 bits per heavy atom. The number of rotatable bonds is 4. The van der Waals surface area contributed by atoms with E-state index < -0.39 is 5.97 Å². The zero-order chi connectivity index (χ0) is 19.7. The Labute approximate surface area is 161 Å². The molecular weight excluding hydrogens is 354 g/mol. The lowest BCUT2D eigenvalue weighted by atomic mass is 10.1. The summed E-state index contributed by atoms with van der Waals surface area (Å²) in [7, 11) is 1.34. The molecule has 0 aliphatic rings. The maximum Gasteiger partial charge on any atom is 0.337 e. The molecule has 2 aromatic heterocycles. The van der Waals surface area contributed by atoms with Gasteiger partial charge in [-0.1, -0.05) is 29.8 Å². The summed E-state index contributed by atoms with van der Waals surface area (Å²) < 4.78 is 6.50. The summed E-state index contributed by atoms with van der Waals surface area (Å²) in [6.07, 6.45) is 3.24. The molecule has 0 bridgehead atoms. The number of aryl methyl sites for hydroxylation is 1. The molecule has 6 nitrogen and oxygen atoms in total. The van der Waals surface area contributed by atoms with E-state index in [2.05, 4.69) is 9.97 Å². The van der Waals surface area contributed by atoms with Crippen LogP contribution in [-0.4, -0.2) is 33.4 Å². The largest absolute Gasteiger partial charge is 0.465 e. The fourth-order valence-corrected chi connectivity index (χ4v) is 3.10.